The van der Waals surface area contributed by atoms with E-state index in [9.17, 15) is 15.0 Å². The summed E-state index contributed by atoms with van der Waals surface area (Å²) in [6.07, 6.45) is 0. The monoisotopic (exact) mass is 242 g/mol. The van der Waals surface area contributed by atoms with Crippen molar-refractivity contribution in [1.29, 1.82) is 0 Å². The van der Waals surface area contributed by atoms with Gasteiger partial charge in [0, 0.05) is 11.1 Å². The van der Waals surface area contributed by atoms with E-state index in [2.05, 4.69) is 0 Å². The van der Waals surface area contributed by atoms with Gasteiger partial charge in [-0.15, -0.1) is 0 Å². The molecule has 3 nitrogen and oxygen atoms in total. The van der Waals surface area contributed by atoms with Crippen LogP contribution < -0.4 is 0 Å². The van der Waals surface area contributed by atoms with Gasteiger partial charge in [0.1, 0.15) is 0 Å². The lowest BCUT2D eigenvalue weighted by molar-refractivity contribution is -0.128. The Kier molecular flexibility index (Phi) is 3.28. The van der Waals surface area contributed by atoms with Gasteiger partial charge in [-0.3, -0.25) is 4.79 Å². The number of rotatable bonds is 3. The van der Waals surface area contributed by atoms with E-state index in [-0.39, 0.29) is 5.56 Å². The third-order valence-corrected chi connectivity index (χ3v) is 2.88. The summed E-state index contributed by atoms with van der Waals surface area (Å²) < 4.78 is 0. The van der Waals surface area contributed by atoms with Crippen molar-refractivity contribution >= 4 is 5.78 Å². The number of Topliss-reactive ketones (excluding diaryl/α,β-unsaturated/α-hetero) is 1. The molecule has 2 aromatic carbocycles. The quantitative estimate of drug-likeness (QED) is 0.639. The number of hydrogen-bond donors (Lipinski definition) is 2. The van der Waals surface area contributed by atoms with E-state index in [1.165, 1.54) is 12.1 Å². The second-order valence-corrected chi connectivity index (χ2v) is 4.18. The molecule has 0 spiro atoms. The maximum absolute atomic E-state index is 12.2. The van der Waals surface area contributed by atoms with Crippen LogP contribution in [-0.4, -0.2) is 16.0 Å². The Morgan fingerprint density at radius 3 is 2.11 bits per heavy atom. The number of benzene rings is 2. The molecule has 0 atom stereocenters. The van der Waals surface area contributed by atoms with Crippen molar-refractivity contribution in [3.05, 3.63) is 71.3 Å². The minimum atomic E-state index is -2.49. The second kappa shape index (κ2) is 4.72. The predicted molar refractivity (Wildman–Crippen MR) is 68.1 cm³/mol. The molecule has 2 N–H and O–H groups in total. The van der Waals surface area contributed by atoms with E-state index in [1.807, 2.05) is 0 Å². The summed E-state index contributed by atoms with van der Waals surface area (Å²) in [6, 6.07) is 14.9. The summed E-state index contributed by atoms with van der Waals surface area (Å²) in [4.78, 5) is 12.2. The molecule has 0 aliphatic heterocycles. The largest absolute Gasteiger partial charge is 0.356 e. The van der Waals surface area contributed by atoms with Crippen LogP contribution in [-0.2, 0) is 5.79 Å². The third kappa shape index (κ3) is 2.18. The van der Waals surface area contributed by atoms with Crippen LogP contribution in [0.25, 0.3) is 0 Å². The van der Waals surface area contributed by atoms with Crippen molar-refractivity contribution in [2.75, 3.05) is 0 Å². The zero-order chi connectivity index (χ0) is 13.2. The van der Waals surface area contributed by atoms with Gasteiger partial charge in [-0.25, -0.2) is 0 Å². The molecule has 3 heteroatoms. The summed E-state index contributed by atoms with van der Waals surface area (Å²) in [5.41, 5.74) is 1.19. The molecule has 18 heavy (non-hydrogen) atoms. The number of aryl methyl sites for hydroxylation is 1. The van der Waals surface area contributed by atoms with Crippen molar-refractivity contribution in [3.63, 3.8) is 0 Å². The van der Waals surface area contributed by atoms with Crippen LogP contribution >= 0.6 is 0 Å². The molecule has 0 aromatic heterocycles. The van der Waals surface area contributed by atoms with Gasteiger partial charge in [0.15, 0.2) is 0 Å². The zero-order valence-electron chi connectivity index (χ0n) is 10.00. The molecule has 0 saturated heterocycles. The highest BCUT2D eigenvalue weighted by Crippen LogP contribution is 2.24. The van der Waals surface area contributed by atoms with Crippen LogP contribution in [0, 0.1) is 6.92 Å². The Bertz CT molecular complexity index is 559. The van der Waals surface area contributed by atoms with Gasteiger partial charge in [0.25, 0.3) is 5.79 Å². The highest BCUT2D eigenvalue weighted by Gasteiger charge is 2.36. The highest BCUT2D eigenvalue weighted by atomic mass is 16.5. The van der Waals surface area contributed by atoms with Crippen LogP contribution in [0.15, 0.2) is 54.6 Å². The molecule has 0 heterocycles. The lowest BCUT2D eigenvalue weighted by atomic mass is 9.94. The predicted octanol–water partition coefficient (Wildman–Crippen LogP) is 2.02. The molecule has 92 valence electrons. The Balaban J connectivity index is 2.43. The standard InChI is InChI=1S/C15H14O3/c1-11-7-5-6-10-13(11)14(16)15(17,18)12-8-3-2-4-9-12/h2-10,17-18H,1H3. The minimum Gasteiger partial charge on any atom is -0.356 e. The lowest BCUT2D eigenvalue weighted by Gasteiger charge is -2.21. The fraction of sp³-hybridized carbons (Fsp3) is 0.133. The SMILES string of the molecule is Cc1ccccc1C(=O)C(O)(O)c1ccccc1. The topological polar surface area (TPSA) is 57.5 Å². The summed E-state index contributed by atoms with van der Waals surface area (Å²) in [6.45, 7) is 1.76. The lowest BCUT2D eigenvalue weighted by Crippen LogP contribution is -2.35. The van der Waals surface area contributed by atoms with Crippen LogP contribution in [0.3, 0.4) is 0 Å². The first-order chi connectivity index (χ1) is 8.53. The fourth-order valence-electron chi connectivity index (χ4n) is 1.82. The Labute approximate surface area is 105 Å². The molecule has 0 radical (unpaired) electrons. The summed E-state index contributed by atoms with van der Waals surface area (Å²) in [5, 5.41) is 20.1. The number of aliphatic hydroxyl groups is 2. The fourth-order valence-corrected chi connectivity index (χ4v) is 1.82. The molecule has 0 unspecified atom stereocenters. The summed E-state index contributed by atoms with van der Waals surface area (Å²) >= 11 is 0. The van der Waals surface area contributed by atoms with Crippen molar-refractivity contribution < 1.29 is 15.0 Å². The second-order valence-electron chi connectivity index (χ2n) is 4.18. The molecular weight excluding hydrogens is 228 g/mol. The minimum absolute atomic E-state index is 0.165. The van der Waals surface area contributed by atoms with E-state index >= 15 is 0 Å². The normalized spacial score (nSPS) is 11.3. The molecule has 0 bridgehead atoms. The number of ketones is 1. The number of carbonyl (C=O) groups excluding carboxylic acids is 1. The van der Waals surface area contributed by atoms with E-state index in [4.69, 9.17) is 0 Å². The maximum atomic E-state index is 12.2. The average molecular weight is 242 g/mol. The van der Waals surface area contributed by atoms with E-state index in [1.54, 1.807) is 49.4 Å². The molecule has 0 aliphatic rings. The smallest absolute Gasteiger partial charge is 0.256 e. The molecule has 0 fully saturated rings. The van der Waals surface area contributed by atoms with Crippen LogP contribution in [0.1, 0.15) is 21.5 Å². The van der Waals surface area contributed by atoms with Gasteiger partial charge in [-0.2, -0.15) is 0 Å². The van der Waals surface area contributed by atoms with Gasteiger partial charge in [0.05, 0.1) is 0 Å². The summed E-state index contributed by atoms with van der Waals surface area (Å²) in [7, 11) is 0. The first-order valence-electron chi connectivity index (χ1n) is 5.64. The number of hydrogen-bond acceptors (Lipinski definition) is 3. The third-order valence-electron chi connectivity index (χ3n) is 2.88. The van der Waals surface area contributed by atoms with Crippen LogP contribution in [0.4, 0.5) is 0 Å². The highest BCUT2D eigenvalue weighted by molar-refractivity contribution is 6.02. The maximum Gasteiger partial charge on any atom is 0.256 e. The Morgan fingerprint density at radius 1 is 0.944 bits per heavy atom. The molecule has 0 saturated carbocycles. The molecule has 0 aliphatic carbocycles. The van der Waals surface area contributed by atoms with Gasteiger partial charge < -0.3 is 10.2 Å². The Hall–Kier alpha value is -1.97. The first-order valence-corrected chi connectivity index (χ1v) is 5.64. The van der Waals surface area contributed by atoms with Gasteiger partial charge in [-0.05, 0) is 12.5 Å². The molecule has 2 rings (SSSR count). The van der Waals surface area contributed by atoms with Crippen molar-refractivity contribution in [2.24, 2.45) is 0 Å². The zero-order valence-corrected chi connectivity index (χ0v) is 10.00. The van der Waals surface area contributed by atoms with Crippen LogP contribution in [0.2, 0.25) is 0 Å². The molecule has 0 amide bonds. The van der Waals surface area contributed by atoms with Crippen molar-refractivity contribution in [3.8, 4) is 0 Å². The van der Waals surface area contributed by atoms with Gasteiger partial charge >= 0.3 is 0 Å². The molecule has 2 aromatic rings. The van der Waals surface area contributed by atoms with E-state index in [0.717, 1.165) is 0 Å². The van der Waals surface area contributed by atoms with E-state index < -0.39 is 11.6 Å². The van der Waals surface area contributed by atoms with Crippen molar-refractivity contribution in [1.82, 2.24) is 0 Å². The van der Waals surface area contributed by atoms with Crippen molar-refractivity contribution in [2.45, 2.75) is 12.7 Å². The van der Waals surface area contributed by atoms with Gasteiger partial charge in [-0.1, -0.05) is 54.6 Å². The average Bonchev–Trinajstić information content (AvgIpc) is 2.39. The van der Waals surface area contributed by atoms with Gasteiger partial charge in [0.2, 0.25) is 5.78 Å². The summed E-state index contributed by atoms with van der Waals surface area (Å²) in [5.74, 6) is -3.21. The number of carbonyl (C=O) groups is 1. The molecular formula is C15H14O3. The van der Waals surface area contributed by atoms with Crippen LogP contribution in [0.5, 0.6) is 0 Å². The van der Waals surface area contributed by atoms with E-state index in [0.29, 0.717) is 11.1 Å². The first kappa shape index (κ1) is 12.5. The Morgan fingerprint density at radius 2 is 1.50 bits per heavy atom.